The van der Waals surface area contributed by atoms with Gasteiger partial charge in [-0.15, -0.1) is 0 Å². The lowest BCUT2D eigenvalue weighted by Gasteiger charge is -2.11. The lowest BCUT2D eigenvalue weighted by atomic mass is 10.1. The molecule has 2 aromatic rings. The number of nitrogens with zero attached hydrogens (tertiary/aromatic N) is 1. The van der Waals surface area contributed by atoms with Crippen LogP contribution in [0.1, 0.15) is 17.4 Å². The predicted octanol–water partition coefficient (Wildman–Crippen LogP) is 1.61. The van der Waals surface area contributed by atoms with Crippen LogP contribution in [0.3, 0.4) is 0 Å². The SMILES string of the molecule is Oc1ccc(CNCC(O)c2ccccc2)nc1. The van der Waals surface area contributed by atoms with Gasteiger partial charge < -0.3 is 15.5 Å². The van der Waals surface area contributed by atoms with Crippen LogP contribution >= 0.6 is 0 Å². The van der Waals surface area contributed by atoms with E-state index >= 15 is 0 Å². The molecule has 0 aliphatic carbocycles. The van der Waals surface area contributed by atoms with Gasteiger partial charge in [0.2, 0.25) is 0 Å². The summed E-state index contributed by atoms with van der Waals surface area (Å²) in [5, 5.41) is 22.1. The van der Waals surface area contributed by atoms with E-state index in [-0.39, 0.29) is 5.75 Å². The molecule has 0 bridgehead atoms. The standard InChI is InChI=1S/C14H16N2O2/c17-13-7-6-12(16-9-13)8-15-10-14(18)11-4-2-1-3-5-11/h1-7,9,14-15,17-18H,8,10H2. The molecule has 0 saturated carbocycles. The first kappa shape index (κ1) is 12.5. The summed E-state index contributed by atoms with van der Waals surface area (Å²) < 4.78 is 0. The Bertz CT molecular complexity index is 471. The molecule has 2 rings (SSSR count). The number of hydrogen-bond donors (Lipinski definition) is 3. The van der Waals surface area contributed by atoms with Crippen molar-refractivity contribution in [3.63, 3.8) is 0 Å². The summed E-state index contributed by atoms with van der Waals surface area (Å²) in [5.41, 5.74) is 1.72. The smallest absolute Gasteiger partial charge is 0.133 e. The zero-order chi connectivity index (χ0) is 12.8. The van der Waals surface area contributed by atoms with Crippen LogP contribution in [0.15, 0.2) is 48.7 Å². The van der Waals surface area contributed by atoms with Gasteiger partial charge in [-0.1, -0.05) is 30.3 Å². The third kappa shape index (κ3) is 3.55. The molecule has 1 atom stereocenters. The van der Waals surface area contributed by atoms with E-state index in [1.54, 1.807) is 12.1 Å². The summed E-state index contributed by atoms with van der Waals surface area (Å²) in [6.45, 7) is 1.02. The number of aromatic nitrogens is 1. The second-order valence-electron chi connectivity index (χ2n) is 4.07. The molecule has 1 aromatic heterocycles. The van der Waals surface area contributed by atoms with Gasteiger partial charge in [0.25, 0.3) is 0 Å². The number of aliphatic hydroxyl groups excluding tert-OH is 1. The molecular formula is C14H16N2O2. The lowest BCUT2D eigenvalue weighted by molar-refractivity contribution is 0.174. The van der Waals surface area contributed by atoms with E-state index in [2.05, 4.69) is 10.3 Å². The molecule has 0 spiro atoms. The second-order valence-corrected chi connectivity index (χ2v) is 4.07. The Labute approximate surface area is 106 Å². The van der Waals surface area contributed by atoms with Crippen molar-refractivity contribution in [1.29, 1.82) is 0 Å². The number of pyridine rings is 1. The maximum atomic E-state index is 9.92. The molecule has 0 fully saturated rings. The first-order chi connectivity index (χ1) is 8.75. The van der Waals surface area contributed by atoms with Crippen LogP contribution < -0.4 is 5.32 Å². The third-order valence-corrected chi connectivity index (χ3v) is 2.64. The van der Waals surface area contributed by atoms with E-state index in [1.165, 1.54) is 6.20 Å². The van der Waals surface area contributed by atoms with Gasteiger partial charge in [-0.3, -0.25) is 4.98 Å². The van der Waals surface area contributed by atoms with Gasteiger partial charge in [0.15, 0.2) is 0 Å². The summed E-state index contributed by atoms with van der Waals surface area (Å²) in [6.07, 6.45) is 0.883. The van der Waals surface area contributed by atoms with E-state index in [4.69, 9.17) is 5.11 Å². The Morgan fingerprint density at radius 3 is 2.56 bits per heavy atom. The zero-order valence-corrected chi connectivity index (χ0v) is 9.95. The highest BCUT2D eigenvalue weighted by Gasteiger charge is 2.05. The number of nitrogens with one attached hydrogen (secondary N) is 1. The van der Waals surface area contributed by atoms with Crippen molar-refractivity contribution in [2.45, 2.75) is 12.6 Å². The van der Waals surface area contributed by atoms with Crippen molar-refractivity contribution in [1.82, 2.24) is 10.3 Å². The van der Waals surface area contributed by atoms with Crippen molar-refractivity contribution in [3.8, 4) is 5.75 Å². The highest BCUT2D eigenvalue weighted by atomic mass is 16.3. The lowest BCUT2D eigenvalue weighted by Crippen LogP contribution is -2.21. The number of aromatic hydroxyl groups is 1. The zero-order valence-electron chi connectivity index (χ0n) is 9.95. The van der Waals surface area contributed by atoms with E-state index in [1.807, 2.05) is 30.3 Å². The summed E-state index contributed by atoms with van der Waals surface area (Å²) in [4.78, 5) is 4.05. The van der Waals surface area contributed by atoms with Crippen molar-refractivity contribution in [3.05, 3.63) is 59.9 Å². The Hall–Kier alpha value is -1.91. The van der Waals surface area contributed by atoms with E-state index in [0.29, 0.717) is 13.1 Å². The summed E-state index contributed by atoms with van der Waals surface area (Å²) in [7, 11) is 0. The molecule has 1 unspecified atom stereocenters. The van der Waals surface area contributed by atoms with Crippen molar-refractivity contribution in [2.24, 2.45) is 0 Å². The van der Waals surface area contributed by atoms with Gasteiger partial charge in [0.1, 0.15) is 5.75 Å². The number of rotatable bonds is 5. The van der Waals surface area contributed by atoms with Crippen LogP contribution in [0.4, 0.5) is 0 Å². The highest BCUT2D eigenvalue weighted by molar-refractivity contribution is 5.19. The number of hydrogen-bond acceptors (Lipinski definition) is 4. The second kappa shape index (κ2) is 6.14. The fourth-order valence-electron chi connectivity index (χ4n) is 1.65. The van der Waals surface area contributed by atoms with Crippen LogP contribution in [0.2, 0.25) is 0 Å². The Morgan fingerprint density at radius 1 is 1.11 bits per heavy atom. The fraction of sp³-hybridized carbons (Fsp3) is 0.214. The number of benzene rings is 1. The molecule has 3 N–H and O–H groups in total. The van der Waals surface area contributed by atoms with Gasteiger partial charge in [-0.05, 0) is 17.7 Å². The molecule has 4 heteroatoms. The molecule has 18 heavy (non-hydrogen) atoms. The van der Waals surface area contributed by atoms with Gasteiger partial charge in [-0.2, -0.15) is 0 Å². The molecule has 0 aliphatic rings. The predicted molar refractivity (Wildman–Crippen MR) is 69.0 cm³/mol. The minimum atomic E-state index is -0.525. The molecule has 4 nitrogen and oxygen atoms in total. The fourth-order valence-corrected chi connectivity index (χ4v) is 1.65. The summed E-state index contributed by atoms with van der Waals surface area (Å²) >= 11 is 0. The van der Waals surface area contributed by atoms with E-state index in [9.17, 15) is 5.11 Å². The van der Waals surface area contributed by atoms with Crippen molar-refractivity contribution >= 4 is 0 Å². The van der Waals surface area contributed by atoms with Gasteiger partial charge in [0.05, 0.1) is 18.0 Å². The van der Waals surface area contributed by atoms with Crippen LogP contribution in [-0.4, -0.2) is 21.7 Å². The Balaban J connectivity index is 1.80. The largest absolute Gasteiger partial charge is 0.506 e. The topological polar surface area (TPSA) is 65.4 Å². The molecule has 1 heterocycles. The first-order valence-corrected chi connectivity index (χ1v) is 5.83. The normalized spacial score (nSPS) is 12.3. The van der Waals surface area contributed by atoms with Gasteiger partial charge in [0, 0.05) is 13.1 Å². The Morgan fingerprint density at radius 2 is 1.89 bits per heavy atom. The van der Waals surface area contributed by atoms with Crippen LogP contribution in [0.5, 0.6) is 5.75 Å². The molecule has 0 aliphatic heterocycles. The first-order valence-electron chi connectivity index (χ1n) is 5.83. The molecule has 0 amide bonds. The molecule has 0 radical (unpaired) electrons. The maximum Gasteiger partial charge on any atom is 0.133 e. The third-order valence-electron chi connectivity index (χ3n) is 2.64. The average molecular weight is 244 g/mol. The van der Waals surface area contributed by atoms with E-state index in [0.717, 1.165) is 11.3 Å². The molecule has 1 aromatic carbocycles. The van der Waals surface area contributed by atoms with Gasteiger partial charge >= 0.3 is 0 Å². The highest BCUT2D eigenvalue weighted by Crippen LogP contribution is 2.11. The minimum Gasteiger partial charge on any atom is -0.506 e. The quantitative estimate of drug-likeness (QED) is 0.747. The van der Waals surface area contributed by atoms with Crippen molar-refractivity contribution < 1.29 is 10.2 Å². The van der Waals surface area contributed by atoms with E-state index < -0.39 is 6.10 Å². The van der Waals surface area contributed by atoms with Gasteiger partial charge in [-0.25, -0.2) is 0 Å². The molecular weight excluding hydrogens is 228 g/mol. The average Bonchev–Trinajstić information content (AvgIpc) is 2.42. The monoisotopic (exact) mass is 244 g/mol. The molecule has 0 saturated heterocycles. The number of aliphatic hydroxyl groups is 1. The summed E-state index contributed by atoms with van der Waals surface area (Å²) in [5.74, 6) is 0.156. The maximum absolute atomic E-state index is 9.92. The van der Waals surface area contributed by atoms with Crippen LogP contribution in [0, 0.1) is 0 Å². The Kier molecular flexibility index (Phi) is 4.28. The van der Waals surface area contributed by atoms with Crippen LogP contribution in [-0.2, 0) is 6.54 Å². The summed E-state index contributed by atoms with van der Waals surface area (Å²) in [6, 6.07) is 12.9. The van der Waals surface area contributed by atoms with Crippen LogP contribution in [0.25, 0.3) is 0 Å². The minimum absolute atomic E-state index is 0.156. The van der Waals surface area contributed by atoms with Crippen molar-refractivity contribution in [2.75, 3.05) is 6.54 Å². The molecule has 94 valence electrons.